The molecule has 0 atom stereocenters. The summed E-state index contributed by atoms with van der Waals surface area (Å²) in [5, 5.41) is 5.73. The van der Waals surface area contributed by atoms with Gasteiger partial charge in [0.25, 0.3) is 5.91 Å². The molecule has 4 rings (SSSR count). The fourth-order valence-corrected chi connectivity index (χ4v) is 5.52. The van der Waals surface area contributed by atoms with Crippen LogP contribution in [0.15, 0.2) is 35.3 Å². The van der Waals surface area contributed by atoms with Gasteiger partial charge in [-0.1, -0.05) is 41.9 Å². The van der Waals surface area contributed by atoms with Gasteiger partial charge in [-0.2, -0.15) is 0 Å². The van der Waals surface area contributed by atoms with E-state index in [2.05, 4.69) is 25.6 Å². The van der Waals surface area contributed by atoms with Gasteiger partial charge in [-0.15, -0.1) is 0 Å². The molecule has 176 valence electrons. The zero-order valence-corrected chi connectivity index (χ0v) is 19.4. The zero-order chi connectivity index (χ0) is 23.6. The third-order valence-electron chi connectivity index (χ3n) is 5.84. The van der Waals surface area contributed by atoms with E-state index in [4.69, 9.17) is 23.1 Å². The summed E-state index contributed by atoms with van der Waals surface area (Å²) in [6.45, 7) is 1.18. The van der Waals surface area contributed by atoms with Crippen molar-refractivity contribution < 1.29 is 13.2 Å². The number of nitrogens with two attached hydrogens (primary N) is 2. The molecule has 1 aromatic heterocycles. The van der Waals surface area contributed by atoms with Crippen LogP contribution >= 0.6 is 11.6 Å². The summed E-state index contributed by atoms with van der Waals surface area (Å²) in [4.78, 5) is 24.6. The Morgan fingerprint density at radius 1 is 1.15 bits per heavy atom. The molecule has 1 fully saturated rings. The number of carbonyl (C=O) groups excluding carboxylic acids is 1. The molecule has 1 spiro atoms. The van der Waals surface area contributed by atoms with E-state index >= 15 is 0 Å². The lowest BCUT2D eigenvalue weighted by atomic mass is 9.89. The number of amides is 1. The predicted molar refractivity (Wildman–Crippen MR) is 126 cm³/mol. The molecule has 2 aliphatic rings. The first-order valence-electron chi connectivity index (χ1n) is 10.4. The van der Waals surface area contributed by atoms with Crippen LogP contribution in [0.3, 0.4) is 0 Å². The molecule has 6 N–H and O–H groups in total. The van der Waals surface area contributed by atoms with Gasteiger partial charge in [0.05, 0.1) is 17.8 Å². The number of piperidine rings is 1. The summed E-state index contributed by atoms with van der Waals surface area (Å²) in [5.74, 6) is -0.481. The van der Waals surface area contributed by atoms with Crippen molar-refractivity contribution in [2.24, 2.45) is 4.99 Å². The Labute approximate surface area is 196 Å². The van der Waals surface area contributed by atoms with E-state index in [0.29, 0.717) is 38.9 Å². The number of nitrogen functional groups attached to an aromatic ring is 2. The molecule has 11 nitrogen and oxygen atoms in total. The normalized spacial score (nSPS) is 18.0. The number of halogens is 1. The van der Waals surface area contributed by atoms with Crippen molar-refractivity contribution in [1.29, 1.82) is 0 Å². The maximum Gasteiger partial charge on any atom is 0.280 e. The number of guanidine groups is 1. The van der Waals surface area contributed by atoms with E-state index in [1.54, 1.807) is 0 Å². The number of anilines is 2. The average Bonchev–Trinajstić information content (AvgIpc) is 3.17. The van der Waals surface area contributed by atoms with Crippen molar-refractivity contribution in [2.45, 2.75) is 24.8 Å². The lowest BCUT2D eigenvalue weighted by molar-refractivity contribution is 0.0971. The van der Waals surface area contributed by atoms with Crippen molar-refractivity contribution >= 4 is 45.1 Å². The van der Waals surface area contributed by atoms with Gasteiger partial charge in [0.15, 0.2) is 28.4 Å². The monoisotopic (exact) mass is 492 g/mol. The number of aryl methyl sites for hydroxylation is 1. The summed E-state index contributed by atoms with van der Waals surface area (Å²) in [5.41, 5.74) is 11.7. The van der Waals surface area contributed by atoms with Crippen LogP contribution in [0.1, 0.15) is 28.9 Å². The van der Waals surface area contributed by atoms with Gasteiger partial charge in [-0.3, -0.25) is 15.1 Å². The third-order valence-corrected chi connectivity index (χ3v) is 7.99. The third kappa shape index (κ3) is 5.18. The number of benzene rings is 1. The van der Waals surface area contributed by atoms with Crippen LogP contribution in [0.4, 0.5) is 11.6 Å². The smallest absolute Gasteiger partial charge is 0.280 e. The van der Waals surface area contributed by atoms with E-state index in [1.807, 2.05) is 30.3 Å². The molecule has 0 unspecified atom stereocenters. The summed E-state index contributed by atoms with van der Waals surface area (Å²) >= 11 is 5.84. The van der Waals surface area contributed by atoms with E-state index < -0.39 is 21.5 Å². The maximum absolute atomic E-state index is 12.8. The Morgan fingerprint density at radius 3 is 2.55 bits per heavy atom. The second-order valence-corrected chi connectivity index (χ2v) is 10.6. The van der Waals surface area contributed by atoms with Crippen LogP contribution in [0, 0.1) is 0 Å². The molecule has 1 aromatic carbocycles. The largest absolute Gasteiger partial charge is 0.382 e. The molecule has 33 heavy (non-hydrogen) atoms. The summed E-state index contributed by atoms with van der Waals surface area (Å²) in [7, 11) is -3.36. The Balaban J connectivity index is 1.31. The number of nitrogens with zero attached hydrogens (tertiary/aromatic N) is 4. The van der Waals surface area contributed by atoms with E-state index in [1.165, 1.54) is 4.31 Å². The number of aliphatic imine (C=N–C) groups is 1. The number of aromatic nitrogens is 2. The van der Waals surface area contributed by atoms with Crippen LogP contribution in [0.5, 0.6) is 0 Å². The SMILES string of the molecule is Nc1nc(N)c(C(=O)NC2=NCC3(CCN(S(=O)(=O)CCc4ccccc4)CC3)N2)nc1Cl. The number of hydrogen-bond acceptors (Lipinski definition) is 9. The Hall–Kier alpha value is -2.96. The second-order valence-electron chi connectivity index (χ2n) is 8.11. The molecule has 1 amide bonds. The van der Waals surface area contributed by atoms with Crippen molar-refractivity contribution in [3.8, 4) is 0 Å². The standard InChI is InChI=1S/C20H25ClN8O3S/c21-15-17(23)26-16(22)14(25-15)18(30)27-19-24-12-20(28-19)7-9-29(10-8-20)33(31,32)11-6-13-4-2-1-3-5-13/h1-5H,6-12H2,(H4,22,23,26)(H2,24,27,28,30). The summed E-state index contributed by atoms with van der Waals surface area (Å²) in [6, 6.07) is 9.55. The number of carbonyl (C=O) groups is 1. The minimum absolute atomic E-state index is 0.0634. The summed E-state index contributed by atoms with van der Waals surface area (Å²) in [6.07, 6.45) is 1.61. The average molecular weight is 493 g/mol. The Morgan fingerprint density at radius 2 is 1.85 bits per heavy atom. The summed E-state index contributed by atoms with van der Waals surface area (Å²) < 4.78 is 27.1. The lowest BCUT2D eigenvalue weighted by Gasteiger charge is -2.38. The molecule has 3 heterocycles. The topological polar surface area (TPSA) is 169 Å². The van der Waals surface area contributed by atoms with E-state index in [0.717, 1.165) is 5.56 Å². The first-order chi connectivity index (χ1) is 15.7. The second kappa shape index (κ2) is 9.12. The number of hydrogen-bond donors (Lipinski definition) is 4. The molecule has 13 heteroatoms. The van der Waals surface area contributed by atoms with Crippen molar-refractivity contribution in [1.82, 2.24) is 24.9 Å². The van der Waals surface area contributed by atoms with E-state index in [9.17, 15) is 13.2 Å². The Kier molecular flexibility index (Phi) is 6.41. The highest BCUT2D eigenvalue weighted by atomic mass is 35.5. The highest BCUT2D eigenvalue weighted by molar-refractivity contribution is 7.89. The molecular formula is C20H25ClN8O3S. The first-order valence-corrected chi connectivity index (χ1v) is 12.4. The van der Waals surface area contributed by atoms with Crippen LogP contribution in [0.2, 0.25) is 5.15 Å². The Bertz CT molecular complexity index is 1180. The maximum atomic E-state index is 12.8. The van der Waals surface area contributed by atoms with Gasteiger partial charge in [-0.25, -0.2) is 22.7 Å². The number of sulfonamides is 1. The van der Waals surface area contributed by atoms with Crippen LogP contribution in [0.25, 0.3) is 0 Å². The molecule has 0 bridgehead atoms. The molecule has 0 radical (unpaired) electrons. The van der Waals surface area contributed by atoms with Crippen molar-refractivity contribution in [2.75, 3.05) is 36.9 Å². The quantitative estimate of drug-likeness (QED) is 0.464. The zero-order valence-electron chi connectivity index (χ0n) is 17.8. The van der Waals surface area contributed by atoms with E-state index in [-0.39, 0.29) is 34.2 Å². The van der Waals surface area contributed by atoms with Gasteiger partial charge in [-0.05, 0) is 24.8 Å². The minimum Gasteiger partial charge on any atom is -0.382 e. The fraction of sp³-hybridized carbons (Fsp3) is 0.400. The highest BCUT2D eigenvalue weighted by Gasteiger charge is 2.41. The van der Waals surface area contributed by atoms with Gasteiger partial charge >= 0.3 is 0 Å². The molecule has 2 aromatic rings. The molecular weight excluding hydrogens is 468 g/mol. The molecule has 2 aliphatic heterocycles. The lowest BCUT2D eigenvalue weighted by Crippen LogP contribution is -2.57. The minimum atomic E-state index is -3.36. The predicted octanol–water partition coefficient (Wildman–Crippen LogP) is 0.391. The van der Waals surface area contributed by atoms with Crippen LogP contribution in [-0.4, -0.2) is 65.5 Å². The number of rotatable bonds is 5. The van der Waals surface area contributed by atoms with Gasteiger partial charge in [0.2, 0.25) is 10.0 Å². The molecule has 0 aliphatic carbocycles. The van der Waals surface area contributed by atoms with Crippen molar-refractivity contribution in [3.63, 3.8) is 0 Å². The fourth-order valence-electron chi connectivity index (χ4n) is 3.90. The van der Waals surface area contributed by atoms with Crippen LogP contribution in [-0.2, 0) is 16.4 Å². The van der Waals surface area contributed by atoms with Crippen molar-refractivity contribution in [3.05, 3.63) is 46.7 Å². The highest BCUT2D eigenvalue weighted by Crippen LogP contribution is 2.27. The van der Waals surface area contributed by atoms with Gasteiger partial charge < -0.3 is 16.8 Å². The molecule has 1 saturated heterocycles. The molecule has 0 saturated carbocycles. The van der Waals surface area contributed by atoms with Gasteiger partial charge in [0, 0.05) is 13.1 Å². The first kappa shape index (κ1) is 23.2. The van der Waals surface area contributed by atoms with Crippen LogP contribution < -0.4 is 22.1 Å². The number of nitrogens with one attached hydrogen (secondary N) is 2. The van der Waals surface area contributed by atoms with Gasteiger partial charge in [0.1, 0.15) is 0 Å².